The number of benzene rings is 1. The Labute approximate surface area is 183 Å². The van der Waals surface area contributed by atoms with Crippen LogP contribution in [0.4, 0.5) is 0 Å². The van der Waals surface area contributed by atoms with Gasteiger partial charge in [-0.1, -0.05) is 24.3 Å². The second kappa shape index (κ2) is 8.55. The zero-order chi connectivity index (χ0) is 22.1. The normalized spacial score (nSPS) is 20.3. The van der Waals surface area contributed by atoms with E-state index in [9.17, 15) is 4.79 Å². The topological polar surface area (TPSA) is 50.1 Å². The van der Waals surface area contributed by atoms with E-state index in [2.05, 4.69) is 62.9 Å². The molecule has 6 nitrogen and oxygen atoms in total. The van der Waals surface area contributed by atoms with Gasteiger partial charge in [0.2, 0.25) is 0 Å². The summed E-state index contributed by atoms with van der Waals surface area (Å²) in [7, 11) is 4.13. The molecule has 2 aromatic rings. The van der Waals surface area contributed by atoms with Crippen LogP contribution in [0.5, 0.6) is 0 Å². The molecule has 2 aliphatic rings. The number of hydrogen-bond donors (Lipinski definition) is 0. The summed E-state index contributed by atoms with van der Waals surface area (Å²) in [5.41, 5.74) is 4.29. The molecule has 4 rings (SSSR count). The SMILES string of the molecule is Cc1cccc(C)c1COC1=CC(n2ccccc2=O)=CN2C1=NC(C)C2CN(C)C. The molecule has 0 saturated heterocycles. The van der Waals surface area contributed by atoms with Crippen LogP contribution in [0.3, 0.4) is 0 Å². The first-order valence-corrected chi connectivity index (χ1v) is 10.7. The number of hydrogen-bond acceptors (Lipinski definition) is 5. The lowest BCUT2D eigenvalue weighted by atomic mass is 10.0. The predicted octanol–water partition coefficient (Wildman–Crippen LogP) is 3.41. The van der Waals surface area contributed by atoms with E-state index in [4.69, 9.17) is 9.73 Å². The number of amidine groups is 1. The lowest BCUT2D eigenvalue weighted by Gasteiger charge is -2.32. The number of ether oxygens (including phenoxy) is 1. The van der Waals surface area contributed by atoms with Crippen molar-refractivity contribution in [1.29, 1.82) is 0 Å². The highest BCUT2D eigenvalue weighted by Crippen LogP contribution is 2.30. The molecule has 162 valence electrons. The van der Waals surface area contributed by atoms with Crippen molar-refractivity contribution >= 4 is 11.5 Å². The van der Waals surface area contributed by atoms with Gasteiger partial charge in [-0.15, -0.1) is 0 Å². The molecule has 6 heteroatoms. The van der Waals surface area contributed by atoms with Gasteiger partial charge >= 0.3 is 0 Å². The molecule has 2 unspecified atom stereocenters. The second-order valence-corrected chi connectivity index (χ2v) is 8.56. The van der Waals surface area contributed by atoms with E-state index in [1.54, 1.807) is 22.9 Å². The van der Waals surface area contributed by atoms with Crippen LogP contribution in [0.2, 0.25) is 0 Å². The average Bonchev–Trinajstić information content (AvgIpc) is 3.03. The summed E-state index contributed by atoms with van der Waals surface area (Å²) in [5.74, 6) is 1.53. The predicted molar refractivity (Wildman–Crippen MR) is 125 cm³/mol. The average molecular weight is 419 g/mol. The van der Waals surface area contributed by atoms with Crippen molar-refractivity contribution in [3.8, 4) is 0 Å². The van der Waals surface area contributed by atoms with Gasteiger partial charge in [0.05, 0.1) is 17.8 Å². The molecule has 0 aliphatic carbocycles. The number of pyridine rings is 1. The standard InChI is InChI=1S/C25H30N4O2/c1-17-9-8-10-18(2)21(17)16-31-23-13-20(28-12-7-6-11-24(28)30)14-29-22(15-27(4)5)19(3)26-25(23)29/h6-14,19,22H,15-16H2,1-5H3. The lowest BCUT2D eigenvalue weighted by Crippen LogP contribution is -2.44. The van der Waals surface area contributed by atoms with Gasteiger partial charge in [0.25, 0.3) is 5.56 Å². The fraction of sp³-hybridized carbons (Fsp3) is 0.360. The Bertz CT molecular complexity index is 1110. The van der Waals surface area contributed by atoms with Crippen LogP contribution in [-0.2, 0) is 11.3 Å². The highest BCUT2D eigenvalue weighted by molar-refractivity contribution is 6.02. The van der Waals surface area contributed by atoms with Gasteiger partial charge in [0.15, 0.2) is 11.6 Å². The zero-order valence-corrected chi connectivity index (χ0v) is 18.9. The maximum Gasteiger partial charge on any atom is 0.255 e. The van der Waals surface area contributed by atoms with E-state index in [0.717, 1.165) is 18.1 Å². The van der Waals surface area contributed by atoms with E-state index in [1.807, 2.05) is 18.3 Å². The van der Waals surface area contributed by atoms with E-state index in [-0.39, 0.29) is 17.6 Å². The highest BCUT2D eigenvalue weighted by Gasteiger charge is 2.37. The van der Waals surface area contributed by atoms with Crippen molar-refractivity contribution in [2.75, 3.05) is 20.6 Å². The molecule has 0 N–H and O–H groups in total. The summed E-state index contributed by atoms with van der Waals surface area (Å²) in [4.78, 5) is 21.8. The Balaban J connectivity index is 1.72. The number of allylic oxidation sites excluding steroid dienone is 2. The third kappa shape index (κ3) is 4.21. The Morgan fingerprint density at radius 3 is 2.52 bits per heavy atom. The monoisotopic (exact) mass is 418 g/mol. The quantitative estimate of drug-likeness (QED) is 0.721. The molecule has 3 heterocycles. The Morgan fingerprint density at radius 2 is 1.84 bits per heavy atom. The Hall–Kier alpha value is -3.12. The number of nitrogens with zero attached hydrogens (tertiary/aromatic N) is 4. The lowest BCUT2D eigenvalue weighted by molar-refractivity contribution is 0.207. The van der Waals surface area contributed by atoms with Gasteiger partial charge in [-0.3, -0.25) is 14.4 Å². The summed E-state index contributed by atoms with van der Waals surface area (Å²) in [5, 5.41) is 0. The summed E-state index contributed by atoms with van der Waals surface area (Å²) < 4.78 is 8.00. The summed E-state index contributed by atoms with van der Waals surface area (Å²) in [6.45, 7) is 7.65. The highest BCUT2D eigenvalue weighted by atomic mass is 16.5. The summed E-state index contributed by atoms with van der Waals surface area (Å²) >= 11 is 0. The van der Waals surface area contributed by atoms with Crippen LogP contribution in [0.1, 0.15) is 23.6 Å². The molecule has 2 atom stereocenters. The van der Waals surface area contributed by atoms with E-state index >= 15 is 0 Å². The van der Waals surface area contributed by atoms with Gasteiger partial charge in [0, 0.05) is 31.1 Å². The second-order valence-electron chi connectivity index (χ2n) is 8.56. The molecule has 0 fully saturated rings. The minimum Gasteiger partial charge on any atom is -0.485 e. The minimum absolute atomic E-state index is 0.0732. The molecule has 0 saturated carbocycles. The van der Waals surface area contributed by atoms with Crippen molar-refractivity contribution in [2.45, 2.75) is 39.5 Å². The number of aliphatic imine (C=N–C) groups is 1. The molecule has 0 amide bonds. The van der Waals surface area contributed by atoms with Crippen molar-refractivity contribution in [3.63, 3.8) is 0 Å². The number of rotatable bonds is 6. The number of fused-ring (bicyclic) bond motifs is 1. The molecule has 31 heavy (non-hydrogen) atoms. The first-order valence-electron chi connectivity index (χ1n) is 10.7. The van der Waals surface area contributed by atoms with Gasteiger partial charge in [0.1, 0.15) is 6.61 Å². The molecule has 0 bridgehead atoms. The van der Waals surface area contributed by atoms with Crippen molar-refractivity contribution in [1.82, 2.24) is 14.4 Å². The smallest absolute Gasteiger partial charge is 0.255 e. The van der Waals surface area contributed by atoms with Crippen molar-refractivity contribution in [3.05, 3.63) is 87.7 Å². The fourth-order valence-corrected chi connectivity index (χ4v) is 4.18. The van der Waals surface area contributed by atoms with Crippen molar-refractivity contribution in [2.24, 2.45) is 4.99 Å². The van der Waals surface area contributed by atoms with Crippen LogP contribution in [0.15, 0.2) is 70.4 Å². The first kappa shape index (κ1) is 21.1. The van der Waals surface area contributed by atoms with Gasteiger partial charge in [-0.2, -0.15) is 0 Å². The number of aromatic nitrogens is 1. The Morgan fingerprint density at radius 1 is 1.10 bits per heavy atom. The van der Waals surface area contributed by atoms with E-state index < -0.39 is 0 Å². The van der Waals surface area contributed by atoms with Crippen LogP contribution in [0, 0.1) is 13.8 Å². The van der Waals surface area contributed by atoms with Crippen LogP contribution in [0.25, 0.3) is 5.70 Å². The molecular weight excluding hydrogens is 388 g/mol. The molecular formula is C25H30N4O2. The van der Waals surface area contributed by atoms with Gasteiger partial charge < -0.3 is 14.5 Å². The number of aryl methyl sites for hydroxylation is 2. The minimum atomic E-state index is -0.0732. The van der Waals surface area contributed by atoms with Crippen LogP contribution >= 0.6 is 0 Å². The van der Waals surface area contributed by atoms with E-state index in [0.29, 0.717) is 12.4 Å². The largest absolute Gasteiger partial charge is 0.485 e. The third-order valence-corrected chi connectivity index (χ3v) is 5.92. The molecule has 1 aromatic heterocycles. The van der Waals surface area contributed by atoms with Gasteiger partial charge in [-0.25, -0.2) is 0 Å². The van der Waals surface area contributed by atoms with E-state index in [1.165, 1.54) is 16.7 Å². The van der Waals surface area contributed by atoms with Crippen molar-refractivity contribution < 1.29 is 4.74 Å². The molecule has 2 aliphatic heterocycles. The third-order valence-electron chi connectivity index (χ3n) is 5.92. The summed E-state index contributed by atoms with van der Waals surface area (Å²) in [6.07, 6.45) is 5.73. The van der Waals surface area contributed by atoms with Gasteiger partial charge in [-0.05, 0) is 57.6 Å². The number of likely N-dealkylation sites (N-methyl/N-ethyl adjacent to an activating group) is 1. The Kier molecular flexibility index (Phi) is 5.83. The molecule has 0 spiro atoms. The van der Waals surface area contributed by atoms with Crippen LogP contribution < -0.4 is 5.56 Å². The zero-order valence-electron chi connectivity index (χ0n) is 18.9. The maximum atomic E-state index is 12.5. The molecule has 0 radical (unpaired) electrons. The fourth-order valence-electron chi connectivity index (χ4n) is 4.18. The summed E-state index contributed by atoms with van der Waals surface area (Å²) in [6, 6.07) is 11.7. The maximum absolute atomic E-state index is 12.5. The first-order chi connectivity index (χ1) is 14.8. The molecule has 1 aromatic carbocycles. The van der Waals surface area contributed by atoms with Crippen LogP contribution in [-0.4, -0.2) is 52.9 Å².